The summed E-state index contributed by atoms with van der Waals surface area (Å²) in [6.45, 7) is 3.61. The number of hydrogen-bond acceptors (Lipinski definition) is 4. The Balaban J connectivity index is 3.28. The number of nitriles is 1. The SMILES string of the molecule is CCOC(=O)c1c(C#N)cc(C)nc1Cl. The first-order valence-corrected chi connectivity index (χ1v) is 4.72. The van der Waals surface area contributed by atoms with Gasteiger partial charge in [0.05, 0.1) is 12.2 Å². The van der Waals surface area contributed by atoms with Crippen LogP contribution in [-0.2, 0) is 4.74 Å². The van der Waals surface area contributed by atoms with Gasteiger partial charge < -0.3 is 4.74 Å². The second kappa shape index (κ2) is 4.76. The topological polar surface area (TPSA) is 63.0 Å². The van der Waals surface area contributed by atoms with Crippen molar-refractivity contribution in [1.82, 2.24) is 4.98 Å². The summed E-state index contributed by atoms with van der Waals surface area (Å²) in [6, 6.07) is 3.39. The fourth-order valence-corrected chi connectivity index (χ4v) is 1.43. The highest BCUT2D eigenvalue weighted by Crippen LogP contribution is 2.19. The van der Waals surface area contributed by atoms with Crippen LogP contribution < -0.4 is 0 Å². The Kier molecular flexibility index (Phi) is 3.64. The van der Waals surface area contributed by atoms with Gasteiger partial charge in [-0.05, 0) is 19.9 Å². The smallest absolute Gasteiger partial charge is 0.342 e. The van der Waals surface area contributed by atoms with E-state index in [1.165, 1.54) is 6.07 Å². The molecule has 15 heavy (non-hydrogen) atoms. The van der Waals surface area contributed by atoms with Gasteiger partial charge in [0.15, 0.2) is 0 Å². The Morgan fingerprint density at radius 1 is 1.73 bits per heavy atom. The van der Waals surface area contributed by atoms with E-state index in [4.69, 9.17) is 21.6 Å². The summed E-state index contributed by atoms with van der Waals surface area (Å²) in [4.78, 5) is 15.4. The van der Waals surface area contributed by atoms with E-state index in [0.717, 1.165) is 0 Å². The van der Waals surface area contributed by atoms with Crippen LogP contribution >= 0.6 is 11.6 Å². The normalized spacial score (nSPS) is 9.47. The van der Waals surface area contributed by atoms with Crippen molar-refractivity contribution in [2.24, 2.45) is 0 Å². The summed E-state index contributed by atoms with van der Waals surface area (Å²) in [5.74, 6) is -0.619. The number of pyridine rings is 1. The molecule has 78 valence electrons. The minimum atomic E-state index is -0.619. The maximum atomic E-state index is 11.5. The van der Waals surface area contributed by atoms with Crippen molar-refractivity contribution in [1.29, 1.82) is 5.26 Å². The first kappa shape index (κ1) is 11.5. The van der Waals surface area contributed by atoms with Crippen LogP contribution in [0.4, 0.5) is 0 Å². The van der Waals surface area contributed by atoms with Crippen LogP contribution in [-0.4, -0.2) is 17.6 Å². The lowest BCUT2D eigenvalue weighted by molar-refractivity contribution is 0.0525. The third kappa shape index (κ3) is 2.45. The largest absolute Gasteiger partial charge is 0.462 e. The quantitative estimate of drug-likeness (QED) is 0.570. The van der Waals surface area contributed by atoms with Crippen molar-refractivity contribution < 1.29 is 9.53 Å². The number of hydrogen-bond donors (Lipinski definition) is 0. The minimum Gasteiger partial charge on any atom is -0.462 e. The molecule has 0 saturated carbocycles. The Bertz CT molecular complexity index is 438. The van der Waals surface area contributed by atoms with Crippen molar-refractivity contribution in [3.63, 3.8) is 0 Å². The Morgan fingerprint density at radius 3 is 2.93 bits per heavy atom. The van der Waals surface area contributed by atoms with Gasteiger partial charge in [-0.25, -0.2) is 9.78 Å². The van der Waals surface area contributed by atoms with Gasteiger partial charge in [0.1, 0.15) is 16.8 Å². The standard InChI is InChI=1S/C10H9ClN2O2/c1-3-15-10(14)8-7(5-12)4-6(2)13-9(8)11/h4H,3H2,1-2H3. The molecular formula is C10H9ClN2O2. The fraction of sp³-hybridized carbons (Fsp3) is 0.300. The summed E-state index contributed by atoms with van der Waals surface area (Å²) in [6.07, 6.45) is 0. The molecule has 0 unspecified atom stereocenters. The first-order valence-electron chi connectivity index (χ1n) is 4.34. The van der Waals surface area contributed by atoms with Crippen LogP contribution in [0.2, 0.25) is 5.15 Å². The number of carbonyl (C=O) groups is 1. The van der Waals surface area contributed by atoms with Gasteiger partial charge in [0, 0.05) is 5.69 Å². The molecule has 0 aromatic carbocycles. The van der Waals surface area contributed by atoms with Crippen molar-refractivity contribution in [2.75, 3.05) is 6.61 Å². The molecule has 0 amide bonds. The highest BCUT2D eigenvalue weighted by molar-refractivity contribution is 6.32. The number of rotatable bonds is 2. The van der Waals surface area contributed by atoms with Crippen molar-refractivity contribution in [3.8, 4) is 6.07 Å². The molecule has 1 rings (SSSR count). The number of aromatic nitrogens is 1. The molecule has 1 aromatic rings. The molecule has 0 aliphatic heterocycles. The minimum absolute atomic E-state index is 0.00463. The molecule has 0 fully saturated rings. The number of carbonyl (C=O) groups excluding carboxylic acids is 1. The van der Waals surface area contributed by atoms with Crippen molar-refractivity contribution in [3.05, 3.63) is 28.0 Å². The first-order chi connectivity index (χ1) is 7.10. The molecule has 0 spiro atoms. The van der Waals surface area contributed by atoms with E-state index in [1.54, 1.807) is 13.8 Å². The maximum Gasteiger partial charge on any atom is 0.342 e. The third-order valence-corrected chi connectivity index (χ3v) is 1.98. The molecule has 0 aliphatic carbocycles. The predicted molar refractivity (Wildman–Crippen MR) is 54.7 cm³/mol. The fourth-order valence-electron chi connectivity index (χ4n) is 1.12. The van der Waals surface area contributed by atoms with Gasteiger partial charge in [0.25, 0.3) is 0 Å². The molecule has 4 nitrogen and oxygen atoms in total. The van der Waals surface area contributed by atoms with E-state index < -0.39 is 5.97 Å². The Labute approximate surface area is 92.4 Å². The molecule has 0 N–H and O–H groups in total. The van der Waals surface area contributed by atoms with Crippen molar-refractivity contribution in [2.45, 2.75) is 13.8 Å². The molecule has 0 bridgehead atoms. The lowest BCUT2D eigenvalue weighted by Gasteiger charge is -2.06. The second-order valence-electron chi connectivity index (χ2n) is 2.81. The number of halogens is 1. The van der Waals surface area contributed by atoms with Crippen LogP contribution in [0.3, 0.4) is 0 Å². The van der Waals surface area contributed by atoms with Crippen LogP contribution in [0.1, 0.15) is 28.5 Å². The summed E-state index contributed by atoms with van der Waals surface area (Å²) >= 11 is 5.78. The maximum absolute atomic E-state index is 11.5. The molecule has 1 heterocycles. The van der Waals surface area contributed by atoms with Gasteiger partial charge in [-0.2, -0.15) is 5.26 Å². The summed E-state index contributed by atoms with van der Waals surface area (Å²) in [5, 5.41) is 8.84. The monoisotopic (exact) mass is 224 g/mol. The van der Waals surface area contributed by atoms with E-state index in [-0.39, 0.29) is 22.9 Å². The molecule has 0 aliphatic rings. The number of nitrogens with zero attached hydrogens (tertiary/aromatic N) is 2. The van der Waals surface area contributed by atoms with Gasteiger partial charge in [-0.3, -0.25) is 0 Å². The third-order valence-electron chi connectivity index (χ3n) is 1.70. The van der Waals surface area contributed by atoms with Gasteiger partial charge in [0.2, 0.25) is 0 Å². The zero-order valence-electron chi connectivity index (χ0n) is 8.37. The highest BCUT2D eigenvalue weighted by atomic mass is 35.5. The number of esters is 1. The van der Waals surface area contributed by atoms with E-state index in [2.05, 4.69) is 4.98 Å². The van der Waals surface area contributed by atoms with E-state index in [1.807, 2.05) is 6.07 Å². The van der Waals surface area contributed by atoms with E-state index in [0.29, 0.717) is 5.69 Å². The molecule has 5 heteroatoms. The zero-order valence-corrected chi connectivity index (χ0v) is 9.13. The predicted octanol–water partition coefficient (Wildman–Crippen LogP) is 2.09. The van der Waals surface area contributed by atoms with E-state index in [9.17, 15) is 4.79 Å². The average Bonchev–Trinajstić information content (AvgIpc) is 2.16. The second-order valence-corrected chi connectivity index (χ2v) is 3.17. The highest BCUT2D eigenvalue weighted by Gasteiger charge is 2.18. The van der Waals surface area contributed by atoms with E-state index >= 15 is 0 Å². The van der Waals surface area contributed by atoms with Crippen molar-refractivity contribution >= 4 is 17.6 Å². The molecule has 1 aromatic heterocycles. The summed E-state index contributed by atoms with van der Waals surface area (Å²) in [5.41, 5.74) is 0.808. The van der Waals surface area contributed by atoms with Crippen LogP contribution in [0.15, 0.2) is 6.07 Å². The summed E-state index contributed by atoms with van der Waals surface area (Å²) in [7, 11) is 0. The lowest BCUT2D eigenvalue weighted by Crippen LogP contribution is -2.09. The van der Waals surface area contributed by atoms with Gasteiger partial charge in [-0.15, -0.1) is 0 Å². The lowest BCUT2D eigenvalue weighted by atomic mass is 10.1. The number of aryl methyl sites for hydroxylation is 1. The Morgan fingerprint density at radius 2 is 2.40 bits per heavy atom. The van der Waals surface area contributed by atoms with Gasteiger partial charge in [-0.1, -0.05) is 11.6 Å². The zero-order chi connectivity index (χ0) is 11.4. The van der Waals surface area contributed by atoms with Gasteiger partial charge >= 0.3 is 5.97 Å². The van der Waals surface area contributed by atoms with Crippen LogP contribution in [0.25, 0.3) is 0 Å². The Hall–Kier alpha value is -1.60. The summed E-state index contributed by atoms with van der Waals surface area (Å²) < 4.78 is 4.78. The molecule has 0 radical (unpaired) electrons. The molecular weight excluding hydrogens is 216 g/mol. The van der Waals surface area contributed by atoms with Crippen LogP contribution in [0.5, 0.6) is 0 Å². The average molecular weight is 225 g/mol. The molecule has 0 atom stereocenters. The molecule has 0 saturated heterocycles. The van der Waals surface area contributed by atoms with Crippen LogP contribution in [0, 0.1) is 18.3 Å². The number of ether oxygens (including phenoxy) is 1.